The van der Waals surface area contributed by atoms with Crippen molar-refractivity contribution in [3.8, 4) is 0 Å². The van der Waals surface area contributed by atoms with E-state index in [1.54, 1.807) is 0 Å². The van der Waals surface area contributed by atoms with E-state index in [0.717, 1.165) is 10.4 Å². The summed E-state index contributed by atoms with van der Waals surface area (Å²) in [6.45, 7) is 10.3. The van der Waals surface area contributed by atoms with Gasteiger partial charge in [0, 0.05) is 0 Å². The fourth-order valence-electron chi connectivity index (χ4n) is 3.88. The van der Waals surface area contributed by atoms with Crippen molar-refractivity contribution in [2.75, 3.05) is 6.16 Å². The van der Waals surface area contributed by atoms with E-state index < -0.39 is 34.0 Å². The molecule has 0 unspecified atom stereocenters. The lowest BCUT2D eigenvalue weighted by molar-refractivity contribution is -0.124. The molecule has 0 aliphatic heterocycles. The van der Waals surface area contributed by atoms with E-state index in [-0.39, 0.29) is 11.0 Å². The van der Waals surface area contributed by atoms with E-state index in [2.05, 4.69) is 20.8 Å². The number of carbonyl (C=O) groups excluding carboxylic acids is 1. The molecule has 0 bridgehead atoms. The Bertz CT molecular complexity index is 832. The largest absolute Gasteiger partial charge is 0.397 e. The maximum absolute atomic E-state index is 13.0. The Kier molecular flexibility index (Phi) is 8.00. The molecule has 2 aromatic rings. The Morgan fingerprint density at radius 1 is 0.967 bits per heavy atom. The number of benzene rings is 2. The maximum atomic E-state index is 13.0. The third-order valence-electron chi connectivity index (χ3n) is 5.14. The Balaban J connectivity index is 2.68. The average Bonchev–Trinajstić information content (AvgIpc) is 2.63. The maximum Gasteiger partial charge on any atom is 0.333 e. The summed E-state index contributed by atoms with van der Waals surface area (Å²) in [6.07, 6.45) is -1.28. The van der Waals surface area contributed by atoms with Gasteiger partial charge < -0.3 is 14.2 Å². The second kappa shape index (κ2) is 9.71. The molecule has 0 saturated heterocycles. The highest BCUT2D eigenvalue weighted by Crippen LogP contribution is 2.40. The molecular formula is C23H33O5PSi. The van der Waals surface area contributed by atoms with Crippen molar-refractivity contribution in [2.45, 2.75) is 52.2 Å². The quantitative estimate of drug-likeness (QED) is 0.451. The van der Waals surface area contributed by atoms with Gasteiger partial charge in [0.2, 0.25) is 0 Å². The first-order valence-corrected chi connectivity index (χ1v) is 13.9. The molecule has 5 nitrogen and oxygen atoms in total. The zero-order chi connectivity index (χ0) is 22.6. The van der Waals surface area contributed by atoms with Gasteiger partial charge in [-0.3, -0.25) is 9.36 Å². The normalized spacial score (nSPS) is 14.0. The summed E-state index contributed by atoms with van der Waals surface area (Å²) >= 11 is 0. The predicted molar refractivity (Wildman–Crippen MR) is 124 cm³/mol. The Morgan fingerprint density at radius 2 is 1.40 bits per heavy atom. The highest BCUT2D eigenvalue weighted by atomic mass is 31.2. The molecule has 0 spiro atoms. The van der Waals surface area contributed by atoms with Crippen molar-refractivity contribution >= 4 is 32.1 Å². The predicted octanol–water partition coefficient (Wildman–Crippen LogP) is 3.72. The van der Waals surface area contributed by atoms with Gasteiger partial charge in [-0.05, 0) is 27.8 Å². The van der Waals surface area contributed by atoms with Crippen molar-refractivity contribution in [2.24, 2.45) is 5.92 Å². The first-order chi connectivity index (χ1) is 13.9. The highest BCUT2D eigenvalue weighted by molar-refractivity contribution is 7.52. The lowest BCUT2D eigenvalue weighted by Crippen LogP contribution is -2.68. The molecule has 0 aromatic heterocycles. The summed E-state index contributed by atoms with van der Waals surface area (Å²) in [6, 6.07) is 19.9. The van der Waals surface area contributed by atoms with Crippen LogP contribution in [0.5, 0.6) is 0 Å². The van der Waals surface area contributed by atoms with Crippen molar-refractivity contribution in [3.63, 3.8) is 0 Å². The van der Waals surface area contributed by atoms with E-state index in [1.165, 1.54) is 0 Å². The Labute approximate surface area is 180 Å². The number of ketones is 1. The second-order valence-electron chi connectivity index (χ2n) is 9.19. The SMILES string of the molecule is CC(C)C[C@@H](O[Si](c1ccccc1)(c1ccccc1)C(C)(C)C)C(=O)CP(=O)(O)O. The molecule has 0 radical (unpaired) electrons. The molecule has 164 valence electrons. The van der Waals surface area contributed by atoms with Crippen molar-refractivity contribution < 1.29 is 23.6 Å². The first kappa shape index (κ1) is 24.7. The standard InChI is InChI=1S/C23H33O5PSi/c1-18(2)16-22(21(24)17-29(25,26)27)28-30(23(3,4)5,19-12-8-6-9-13-19)20-14-10-7-11-15-20/h6-15,18,22H,16-17H2,1-5H3,(H2,25,26,27)/t22-/m1/s1. The van der Waals surface area contributed by atoms with Gasteiger partial charge in [0.1, 0.15) is 12.3 Å². The van der Waals surface area contributed by atoms with Crippen LogP contribution in [-0.2, 0) is 13.8 Å². The van der Waals surface area contributed by atoms with Crippen molar-refractivity contribution in [3.05, 3.63) is 60.7 Å². The summed E-state index contributed by atoms with van der Waals surface area (Å²) in [5.74, 6) is -0.404. The van der Waals surface area contributed by atoms with Crippen LogP contribution in [0.25, 0.3) is 0 Å². The monoisotopic (exact) mass is 448 g/mol. The summed E-state index contributed by atoms with van der Waals surface area (Å²) in [5, 5.41) is 1.73. The van der Waals surface area contributed by atoms with Crippen LogP contribution < -0.4 is 10.4 Å². The zero-order valence-corrected chi connectivity index (χ0v) is 20.3. The van der Waals surface area contributed by atoms with Crippen LogP contribution in [0.15, 0.2) is 60.7 Å². The molecule has 30 heavy (non-hydrogen) atoms. The van der Waals surface area contributed by atoms with Gasteiger partial charge in [0.05, 0.1) is 0 Å². The van der Waals surface area contributed by atoms with Crippen LogP contribution in [-0.4, -0.2) is 36.2 Å². The molecule has 2 rings (SSSR count). The van der Waals surface area contributed by atoms with E-state index in [9.17, 15) is 19.1 Å². The molecule has 0 aliphatic rings. The van der Waals surface area contributed by atoms with Gasteiger partial charge in [-0.2, -0.15) is 0 Å². The minimum absolute atomic E-state index is 0.133. The lowest BCUT2D eigenvalue weighted by Gasteiger charge is -2.45. The van der Waals surface area contributed by atoms with E-state index in [0.29, 0.717) is 6.42 Å². The van der Waals surface area contributed by atoms with Gasteiger partial charge in [0.25, 0.3) is 8.32 Å². The number of hydrogen-bond donors (Lipinski definition) is 2. The molecular weight excluding hydrogens is 415 g/mol. The number of carbonyl (C=O) groups is 1. The topological polar surface area (TPSA) is 83.8 Å². The molecule has 0 saturated carbocycles. The zero-order valence-electron chi connectivity index (χ0n) is 18.4. The van der Waals surface area contributed by atoms with E-state index in [1.807, 2.05) is 74.5 Å². The molecule has 0 heterocycles. The fourth-order valence-corrected chi connectivity index (χ4v) is 9.16. The first-order valence-electron chi connectivity index (χ1n) is 10.2. The molecule has 0 amide bonds. The van der Waals surface area contributed by atoms with Gasteiger partial charge in [-0.1, -0.05) is 95.3 Å². The van der Waals surface area contributed by atoms with E-state index in [4.69, 9.17) is 4.43 Å². The molecule has 2 aromatic carbocycles. The lowest BCUT2D eigenvalue weighted by atomic mass is 10.0. The number of Topliss-reactive ketones (excluding diaryl/α,β-unsaturated/α-hetero) is 1. The summed E-state index contributed by atoms with van der Waals surface area (Å²) < 4.78 is 18.4. The molecule has 1 atom stereocenters. The number of hydrogen-bond acceptors (Lipinski definition) is 3. The average molecular weight is 449 g/mol. The van der Waals surface area contributed by atoms with Crippen molar-refractivity contribution in [1.82, 2.24) is 0 Å². The van der Waals surface area contributed by atoms with Gasteiger partial charge in [-0.25, -0.2) is 0 Å². The summed E-state index contributed by atoms with van der Waals surface area (Å²) in [7, 11) is -7.47. The van der Waals surface area contributed by atoms with Gasteiger partial charge >= 0.3 is 7.60 Å². The third-order valence-corrected chi connectivity index (χ3v) is 10.9. The van der Waals surface area contributed by atoms with E-state index >= 15 is 0 Å². The van der Waals surface area contributed by atoms with Gasteiger partial charge in [-0.15, -0.1) is 0 Å². The van der Waals surface area contributed by atoms with Crippen LogP contribution in [0.4, 0.5) is 0 Å². The van der Waals surface area contributed by atoms with Crippen LogP contribution in [0, 0.1) is 5.92 Å². The van der Waals surface area contributed by atoms with Crippen molar-refractivity contribution in [1.29, 1.82) is 0 Å². The smallest absolute Gasteiger partial charge is 0.333 e. The van der Waals surface area contributed by atoms with Crippen LogP contribution in [0.2, 0.25) is 5.04 Å². The summed E-state index contributed by atoms with van der Waals surface area (Å²) in [5.41, 5.74) is 0. The molecule has 2 N–H and O–H groups in total. The Hall–Kier alpha value is -1.56. The fraction of sp³-hybridized carbons (Fsp3) is 0.435. The molecule has 7 heteroatoms. The molecule has 0 fully saturated rings. The van der Waals surface area contributed by atoms with Crippen LogP contribution in [0.3, 0.4) is 0 Å². The molecule has 0 aliphatic carbocycles. The van der Waals surface area contributed by atoms with Gasteiger partial charge in [0.15, 0.2) is 5.78 Å². The third kappa shape index (κ3) is 5.99. The van der Waals surface area contributed by atoms with Crippen LogP contribution >= 0.6 is 7.60 Å². The second-order valence-corrected chi connectivity index (χ2v) is 15.1. The minimum Gasteiger partial charge on any atom is -0.397 e. The summed E-state index contributed by atoms with van der Waals surface area (Å²) in [4.78, 5) is 31.8. The Morgan fingerprint density at radius 3 is 1.73 bits per heavy atom. The highest BCUT2D eigenvalue weighted by Gasteiger charge is 2.52. The minimum atomic E-state index is -4.48. The van der Waals surface area contributed by atoms with Crippen LogP contribution in [0.1, 0.15) is 41.0 Å². The number of rotatable bonds is 9.